The van der Waals surface area contributed by atoms with Crippen molar-refractivity contribution in [2.24, 2.45) is 0 Å². The Hall–Kier alpha value is -1.91. The second-order valence-electron chi connectivity index (χ2n) is 6.00. The molecule has 0 aliphatic heterocycles. The number of hydrogen-bond acceptors (Lipinski definition) is 2. The zero-order chi connectivity index (χ0) is 17.7. The van der Waals surface area contributed by atoms with E-state index in [1.54, 1.807) is 24.1 Å². The highest BCUT2D eigenvalue weighted by molar-refractivity contribution is 6.31. The normalized spacial score (nSPS) is 12.2. The van der Waals surface area contributed by atoms with Crippen LogP contribution in [0.3, 0.4) is 0 Å². The predicted octanol–water partition coefficient (Wildman–Crippen LogP) is 4.13. The van der Waals surface area contributed by atoms with E-state index in [1.807, 2.05) is 43.1 Å². The minimum Gasteiger partial charge on any atom is -0.338 e. The molecule has 0 radical (unpaired) electrons. The molecule has 2 aromatic carbocycles. The third-order valence-corrected chi connectivity index (χ3v) is 4.50. The zero-order valence-corrected chi connectivity index (χ0v) is 14.9. The van der Waals surface area contributed by atoms with E-state index in [1.165, 1.54) is 12.1 Å². The Labute approximate surface area is 147 Å². The van der Waals surface area contributed by atoms with Gasteiger partial charge in [-0.05, 0) is 43.3 Å². The molecule has 1 unspecified atom stereocenters. The maximum atomic E-state index is 13.0. The molecular formula is C19H22ClFN2O. The standard InChI is InChI=1S/C19H22ClFN2O/c1-14(15-8-10-17(21)11-9-15)23(3)19(24)13-22(2)12-16-6-4-5-7-18(16)20/h4-11,14H,12-13H2,1-3H3. The molecule has 0 spiro atoms. The van der Waals surface area contributed by atoms with Crippen molar-refractivity contribution in [3.8, 4) is 0 Å². The highest BCUT2D eigenvalue weighted by Crippen LogP contribution is 2.20. The fourth-order valence-electron chi connectivity index (χ4n) is 2.50. The van der Waals surface area contributed by atoms with Gasteiger partial charge in [-0.25, -0.2) is 4.39 Å². The summed E-state index contributed by atoms with van der Waals surface area (Å²) < 4.78 is 13.0. The average molecular weight is 349 g/mol. The van der Waals surface area contributed by atoms with Crippen LogP contribution in [0.15, 0.2) is 48.5 Å². The first-order valence-electron chi connectivity index (χ1n) is 7.81. The number of carbonyl (C=O) groups excluding carboxylic acids is 1. The van der Waals surface area contributed by atoms with Gasteiger partial charge in [0.1, 0.15) is 5.82 Å². The SMILES string of the molecule is CC(c1ccc(F)cc1)N(C)C(=O)CN(C)Cc1ccccc1Cl. The van der Waals surface area contributed by atoms with E-state index in [0.29, 0.717) is 11.6 Å². The van der Waals surface area contributed by atoms with Crippen LogP contribution < -0.4 is 0 Å². The molecule has 0 heterocycles. The molecule has 0 aromatic heterocycles. The molecule has 0 N–H and O–H groups in total. The predicted molar refractivity (Wildman–Crippen MR) is 95.4 cm³/mol. The maximum absolute atomic E-state index is 13.0. The summed E-state index contributed by atoms with van der Waals surface area (Å²) in [7, 11) is 3.65. The second kappa shape index (κ2) is 8.27. The number of nitrogens with zero attached hydrogens (tertiary/aromatic N) is 2. The number of rotatable bonds is 6. The Bertz CT molecular complexity index is 690. The quantitative estimate of drug-likeness (QED) is 0.783. The summed E-state index contributed by atoms with van der Waals surface area (Å²) in [5.74, 6) is -0.277. The number of benzene rings is 2. The molecular weight excluding hydrogens is 327 g/mol. The Morgan fingerprint density at radius 3 is 2.38 bits per heavy atom. The molecule has 0 aliphatic carbocycles. The van der Waals surface area contributed by atoms with E-state index in [0.717, 1.165) is 11.1 Å². The van der Waals surface area contributed by atoms with Crippen LogP contribution in [0.4, 0.5) is 4.39 Å². The largest absolute Gasteiger partial charge is 0.338 e. The van der Waals surface area contributed by atoms with Gasteiger partial charge in [-0.15, -0.1) is 0 Å². The molecule has 128 valence electrons. The van der Waals surface area contributed by atoms with Crippen molar-refractivity contribution in [1.29, 1.82) is 0 Å². The van der Waals surface area contributed by atoms with Gasteiger partial charge >= 0.3 is 0 Å². The molecule has 0 bridgehead atoms. The average Bonchev–Trinajstić information content (AvgIpc) is 2.56. The van der Waals surface area contributed by atoms with Crippen LogP contribution in [0.25, 0.3) is 0 Å². The van der Waals surface area contributed by atoms with Crippen LogP contribution in [0.5, 0.6) is 0 Å². The minimum atomic E-state index is -0.278. The number of carbonyl (C=O) groups is 1. The van der Waals surface area contributed by atoms with Crippen molar-refractivity contribution in [3.63, 3.8) is 0 Å². The number of halogens is 2. The molecule has 0 saturated heterocycles. The van der Waals surface area contributed by atoms with E-state index in [9.17, 15) is 9.18 Å². The topological polar surface area (TPSA) is 23.6 Å². The van der Waals surface area contributed by atoms with Crippen LogP contribution in [-0.4, -0.2) is 36.3 Å². The van der Waals surface area contributed by atoms with E-state index in [-0.39, 0.29) is 24.3 Å². The van der Waals surface area contributed by atoms with Crippen LogP contribution in [-0.2, 0) is 11.3 Å². The summed E-state index contributed by atoms with van der Waals surface area (Å²) in [5.41, 5.74) is 1.89. The van der Waals surface area contributed by atoms with Gasteiger partial charge in [-0.3, -0.25) is 9.69 Å². The van der Waals surface area contributed by atoms with Crippen LogP contribution in [0.2, 0.25) is 5.02 Å². The van der Waals surface area contributed by atoms with Crippen molar-refractivity contribution < 1.29 is 9.18 Å². The molecule has 1 atom stereocenters. The highest BCUT2D eigenvalue weighted by Gasteiger charge is 2.19. The molecule has 24 heavy (non-hydrogen) atoms. The first-order valence-corrected chi connectivity index (χ1v) is 8.19. The van der Waals surface area contributed by atoms with Crippen molar-refractivity contribution >= 4 is 17.5 Å². The first kappa shape index (κ1) is 18.4. The summed E-state index contributed by atoms with van der Waals surface area (Å²) in [6.45, 7) is 2.82. The van der Waals surface area contributed by atoms with Crippen LogP contribution in [0, 0.1) is 5.82 Å². The van der Waals surface area contributed by atoms with Crippen molar-refractivity contribution in [2.75, 3.05) is 20.6 Å². The summed E-state index contributed by atoms with van der Waals surface area (Å²) in [6.07, 6.45) is 0. The van der Waals surface area contributed by atoms with Gasteiger partial charge in [0.15, 0.2) is 0 Å². The van der Waals surface area contributed by atoms with Crippen LogP contribution in [0.1, 0.15) is 24.1 Å². The van der Waals surface area contributed by atoms with Gasteiger partial charge in [0, 0.05) is 18.6 Å². The number of likely N-dealkylation sites (N-methyl/N-ethyl adjacent to an activating group) is 2. The van der Waals surface area contributed by atoms with E-state index < -0.39 is 0 Å². The third kappa shape index (κ3) is 4.79. The Morgan fingerprint density at radius 1 is 1.12 bits per heavy atom. The zero-order valence-electron chi connectivity index (χ0n) is 14.2. The number of hydrogen-bond donors (Lipinski definition) is 0. The molecule has 0 saturated carbocycles. The van der Waals surface area contributed by atoms with Gasteiger partial charge in [-0.1, -0.05) is 41.9 Å². The van der Waals surface area contributed by atoms with Crippen molar-refractivity contribution in [3.05, 3.63) is 70.5 Å². The van der Waals surface area contributed by atoms with E-state index in [2.05, 4.69) is 0 Å². The monoisotopic (exact) mass is 348 g/mol. The minimum absolute atomic E-state index is 0.00128. The lowest BCUT2D eigenvalue weighted by Crippen LogP contribution is -2.37. The van der Waals surface area contributed by atoms with Gasteiger partial charge in [0.05, 0.1) is 12.6 Å². The summed E-state index contributed by atoms with van der Waals surface area (Å²) in [6, 6.07) is 13.7. The van der Waals surface area contributed by atoms with Gasteiger partial charge in [0.25, 0.3) is 0 Å². The number of amides is 1. The second-order valence-corrected chi connectivity index (χ2v) is 6.40. The first-order chi connectivity index (χ1) is 11.4. The molecule has 0 aliphatic rings. The Morgan fingerprint density at radius 2 is 1.75 bits per heavy atom. The van der Waals surface area contributed by atoms with E-state index >= 15 is 0 Å². The van der Waals surface area contributed by atoms with Crippen molar-refractivity contribution in [2.45, 2.75) is 19.5 Å². The lowest BCUT2D eigenvalue weighted by molar-refractivity contribution is -0.132. The third-order valence-electron chi connectivity index (χ3n) is 4.13. The summed E-state index contributed by atoms with van der Waals surface area (Å²) in [4.78, 5) is 16.1. The molecule has 0 fully saturated rings. The maximum Gasteiger partial charge on any atom is 0.236 e. The molecule has 5 heteroatoms. The highest BCUT2D eigenvalue weighted by atomic mass is 35.5. The van der Waals surface area contributed by atoms with Gasteiger partial charge in [-0.2, -0.15) is 0 Å². The fourth-order valence-corrected chi connectivity index (χ4v) is 2.69. The lowest BCUT2D eigenvalue weighted by atomic mass is 10.1. The Kier molecular flexibility index (Phi) is 6.35. The summed E-state index contributed by atoms with van der Waals surface area (Å²) in [5, 5.41) is 0.699. The van der Waals surface area contributed by atoms with Crippen molar-refractivity contribution in [1.82, 2.24) is 9.80 Å². The smallest absolute Gasteiger partial charge is 0.236 e. The Balaban J connectivity index is 1.95. The molecule has 2 rings (SSSR count). The summed E-state index contributed by atoms with van der Waals surface area (Å²) >= 11 is 6.16. The van der Waals surface area contributed by atoms with Crippen LogP contribution >= 0.6 is 11.6 Å². The molecule has 1 amide bonds. The van der Waals surface area contributed by atoms with Gasteiger partial charge < -0.3 is 4.90 Å². The van der Waals surface area contributed by atoms with E-state index in [4.69, 9.17) is 11.6 Å². The fraction of sp³-hybridized carbons (Fsp3) is 0.316. The molecule has 3 nitrogen and oxygen atoms in total. The lowest BCUT2D eigenvalue weighted by Gasteiger charge is -2.27. The van der Waals surface area contributed by atoms with Gasteiger partial charge in [0.2, 0.25) is 5.91 Å². The molecule has 2 aromatic rings.